The topological polar surface area (TPSA) is 66.0 Å². The average Bonchev–Trinajstić information content (AvgIpc) is 2.93. The number of aromatic nitrogens is 3. The summed E-state index contributed by atoms with van der Waals surface area (Å²) in [5.74, 6) is 1.15. The molecule has 1 aliphatic carbocycles. The van der Waals surface area contributed by atoms with Gasteiger partial charge in [-0.2, -0.15) is 0 Å². The molecule has 0 radical (unpaired) electrons. The number of rotatable bonds is 2. The fraction of sp³-hybridized carbons (Fsp3) is 0.846. The molecular formula is C13H22N4O. The molecule has 1 atom stereocenters. The van der Waals surface area contributed by atoms with E-state index in [2.05, 4.69) is 38.0 Å². The first kappa shape index (κ1) is 12.0. The standard InChI is InChI=1S/C13H22N4O/c1-12(2)7-9(13(3,4)18-12)17-10(8-5-6-8)11(14)15-16-17/h8-9H,5-7,14H2,1-4H3. The Morgan fingerprint density at radius 2 is 1.94 bits per heavy atom. The maximum atomic E-state index is 6.14. The van der Waals surface area contributed by atoms with Gasteiger partial charge in [0, 0.05) is 12.3 Å². The van der Waals surface area contributed by atoms with Crippen LogP contribution in [-0.4, -0.2) is 26.2 Å². The van der Waals surface area contributed by atoms with Gasteiger partial charge in [0.1, 0.15) is 0 Å². The zero-order valence-corrected chi connectivity index (χ0v) is 11.6. The molecule has 2 fully saturated rings. The van der Waals surface area contributed by atoms with Crippen molar-refractivity contribution < 1.29 is 4.74 Å². The average molecular weight is 250 g/mol. The van der Waals surface area contributed by atoms with Gasteiger partial charge in [0.15, 0.2) is 5.82 Å². The van der Waals surface area contributed by atoms with Gasteiger partial charge in [-0.1, -0.05) is 5.21 Å². The smallest absolute Gasteiger partial charge is 0.169 e. The molecule has 1 aromatic rings. The van der Waals surface area contributed by atoms with E-state index in [-0.39, 0.29) is 17.2 Å². The molecule has 0 aromatic carbocycles. The van der Waals surface area contributed by atoms with E-state index < -0.39 is 0 Å². The number of anilines is 1. The minimum Gasteiger partial charge on any atom is -0.381 e. The summed E-state index contributed by atoms with van der Waals surface area (Å²) in [7, 11) is 0. The first-order valence-corrected chi connectivity index (χ1v) is 6.71. The van der Waals surface area contributed by atoms with Crippen LogP contribution in [0.3, 0.4) is 0 Å². The maximum Gasteiger partial charge on any atom is 0.169 e. The second kappa shape index (κ2) is 3.47. The van der Waals surface area contributed by atoms with Crippen molar-refractivity contribution >= 4 is 5.82 Å². The largest absolute Gasteiger partial charge is 0.381 e. The van der Waals surface area contributed by atoms with Crippen molar-refractivity contribution in [2.45, 2.75) is 70.1 Å². The molecule has 2 N–H and O–H groups in total. The SMILES string of the molecule is CC1(C)CC(n2nnc(N)c2C2CC2)C(C)(C)O1. The van der Waals surface area contributed by atoms with Gasteiger partial charge in [-0.25, -0.2) is 4.68 Å². The number of ether oxygens (including phenoxy) is 1. The van der Waals surface area contributed by atoms with Crippen molar-refractivity contribution in [1.29, 1.82) is 0 Å². The highest BCUT2D eigenvalue weighted by molar-refractivity contribution is 5.38. The zero-order valence-electron chi connectivity index (χ0n) is 11.6. The lowest BCUT2D eigenvalue weighted by atomic mass is 9.94. The second-order valence-corrected chi connectivity index (χ2v) is 6.76. The maximum absolute atomic E-state index is 6.14. The van der Waals surface area contributed by atoms with Gasteiger partial charge in [0.25, 0.3) is 0 Å². The highest BCUT2D eigenvalue weighted by Crippen LogP contribution is 2.49. The Kier molecular flexibility index (Phi) is 2.31. The third-order valence-corrected chi connectivity index (χ3v) is 4.04. The molecule has 3 rings (SSSR count). The highest BCUT2D eigenvalue weighted by atomic mass is 16.5. The second-order valence-electron chi connectivity index (χ2n) is 6.76. The summed E-state index contributed by atoms with van der Waals surface area (Å²) in [5.41, 5.74) is 6.75. The normalized spacial score (nSPS) is 29.7. The van der Waals surface area contributed by atoms with E-state index in [1.807, 2.05) is 4.68 Å². The van der Waals surface area contributed by atoms with Gasteiger partial charge in [0.2, 0.25) is 0 Å². The van der Waals surface area contributed by atoms with E-state index in [4.69, 9.17) is 10.5 Å². The van der Waals surface area contributed by atoms with Crippen LogP contribution in [0, 0.1) is 0 Å². The Labute approximate surface area is 108 Å². The lowest BCUT2D eigenvalue weighted by Crippen LogP contribution is -2.32. The van der Waals surface area contributed by atoms with E-state index in [1.165, 1.54) is 12.8 Å². The van der Waals surface area contributed by atoms with Crippen LogP contribution in [0.5, 0.6) is 0 Å². The Morgan fingerprint density at radius 1 is 1.28 bits per heavy atom. The molecule has 1 aliphatic heterocycles. The lowest BCUT2D eigenvalue weighted by Gasteiger charge is -2.27. The predicted molar refractivity (Wildman–Crippen MR) is 69.3 cm³/mol. The van der Waals surface area contributed by atoms with Crippen molar-refractivity contribution in [2.75, 3.05) is 5.73 Å². The third-order valence-electron chi connectivity index (χ3n) is 4.04. The fourth-order valence-electron chi connectivity index (χ4n) is 3.21. The summed E-state index contributed by atoms with van der Waals surface area (Å²) in [6, 6.07) is 0.216. The van der Waals surface area contributed by atoms with E-state index in [0.29, 0.717) is 11.7 Å². The molecular weight excluding hydrogens is 228 g/mol. The molecule has 0 spiro atoms. The van der Waals surface area contributed by atoms with Crippen LogP contribution >= 0.6 is 0 Å². The predicted octanol–water partition coefficient (Wildman–Crippen LogP) is 2.26. The number of nitrogens with two attached hydrogens (primary N) is 1. The van der Waals surface area contributed by atoms with Crippen LogP contribution in [0.2, 0.25) is 0 Å². The van der Waals surface area contributed by atoms with Crippen molar-refractivity contribution in [1.82, 2.24) is 15.0 Å². The first-order valence-electron chi connectivity index (χ1n) is 6.71. The molecule has 0 amide bonds. The van der Waals surface area contributed by atoms with Gasteiger partial charge in [-0.15, -0.1) is 5.10 Å². The Hall–Kier alpha value is -1.10. The van der Waals surface area contributed by atoms with Gasteiger partial charge in [-0.05, 0) is 40.5 Å². The summed E-state index contributed by atoms with van der Waals surface area (Å²) >= 11 is 0. The molecule has 18 heavy (non-hydrogen) atoms. The van der Waals surface area contributed by atoms with E-state index in [9.17, 15) is 0 Å². The molecule has 0 bridgehead atoms. The Balaban J connectivity index is 2.00. The minimum atomic E-state index is -0.229. The van der Waals surface area contributed by atoms with Crippen LogP contribution in [0.15, 0.2) is 0 Å². The molecule has 5 nitrogen and oxygen atoms in total. The molecule has 1 saturated carbocycles. The highest BCUT2D eigenvalue weighted by Gasteiger charge is 2.49. The van der Waals surface area contributed by atoms with Gasteiger partial charge in [0.05, 0.1) is 22.9 Å². The van der Waals surface area contributed by atoms with Crippen LogP contribution in [-0.2, 0) is 4.74 Å². The van der Waals surface area contributed by atoms with Gasteiger partial charge in [-0.3, -0.25) is 0 Å². The molecule has 2 heterocycles. The van der Waals surface area contributed by atoms with Crippen LogP contribution in [0.25, 0.3) is 0 Å². The summed E-state index contributed by atoms with van der Waals surface area (Å²) in [6.45, 7) is 8.51. The fourth-order valence-corrected chi connectivity index (χ4v) is 3.21. The van der Waals surface area contributed by atoms with E-state index in [0.717, 1.165) is 12.1 Å². The van der Waals surface area contributed by atoms with Crippen molar-refractivity contribution in [3.8, 4) is 0 Å². The van der Waals surface area contributed by atoms with E-state index in [1.54, 1.807) is 0 Å². The van der Waals surface area contributed by atoms with Gasteiger partial charge < -0.3 is 10.5 Å². The number of hydrogen-bond acceptors (Lipinski definition) is 4. The van der Waals surface area contributed by atoms with Crippen molar-refractivity contribution in [2.24, 2.45) is 0 Å². The molecule has 1 aromatic heterocycles. The number of hydrogen-bond donors (Lipinski definition) is 1. The van der Waals surface area contributed by atoms with Crippen molar-refractivity contribution in [3.05, 3.63) is 5.69 Å². The van der Waals surface area contributed by atoms with Crippen LogP contribution < -0.4 is 5.73 Å². The molecule has 100 valence electrons. The first-order chi connectivity index (χ1) is 8.30. The molecule has 2 aliphatic rings. The number of nitrogens with zero attached hydrogens (tertiary/aromatic N) is 3. The monoisotopic (exact) mass is 250 g/mol. The molecule has 5 heteroatoms. The summed E-state index contributed by atoms with van der Waals surface area (Å²) in [4.78, 5) is 0. The molecule has 1 saturated heterocycles. The number of nitrogen functional groups attached to an aromatic ring is 1. The van der Waals surface area contributed by atoms with Crippen molar-refractivity contribution in [3.63, 3.8) is 0 Å². The summed E-state index contributed by atoms with van der Waals surface area (Å²) in [5, 5.41) is 8.35. The quantitative estimate of drug-likeness (QED) is 0.874. The van der Waals surface area contributed by atoms with Crippen LogP contribution in [0.1, 0.15) is 64.6 Å². The van der Waals surface area contributed by atoms with Gasteiger partial charge >= 0.3 is 0 Å². The molecule has 1 unspecified atom stereocenters. The summed E-state index contributed by atoms with van der Waals surface area (Å²) in [6.07, 6.45) is 3.35. The van der Waals surface area contributed by atoms with Crippen LogP contribution in [0.4, 0.5) is 5.82 Å². The Morgan fingerprint density at radius 3 is 2.44 bits per heavy atom. The summed E-state index contributed by atoms with van der Waals surface area (Å²) < 4.78 is 8.17. The Bertz CT molecular complexity index is 473. The zero-order chi connectivity index (χ0) is 13.1. The third kappa shape index (κ3) is 1.81. The lowest BCUT2D eigenvalue weighted by molar-refractivity contribution is -0.0740. The van der Waals surface area contributed by atoms with E-state index >= 15 is 0 Å². The minimum absolute atomic E-state index is 0.115.